The van der Waals surface area contributed by atoms with Crippen LogP contribution in [0.4, 0.5) is 8.78 Å². The van der Waals surface area contributed by atoms with Crippen LogP contribution in [-0.2, 0) is 0 Å². The molecule has 1 N–H and O–H groups in total. The molecule has 2 aromatic carbocycles. The Balaban J connectivity index is 2.08. The van der Waals surface area contributed by atoms with E-state index in [-0.39, 0.29) is 29.5 Å². The fourth-order valence-electron chi connectivity index (χ4n) is 2.27. The summed E-state index contributed by atoms with van der Waals surface area (Å²) in [6, 6.07) is 11.3. The quantitative estimate of drug-likeness (QED) is 0.882. The number of nitrogens with one attached hydrogen (secondary N) is 1. The molecule has 0 aliphatic carbocycles. The molecule has 21 heavy (non-hydrogen) atoms. The van der Waals surface area contributed by atoms with Crippen molar-refractivity contribution in [2.24, 2.45) is 0 Å². The van der Waals surface area contributed by atoms with Gasteiger partial charge in [-0.15, -0.1) is 0 Å². The van der Waals surface area contributed by atoms with Gasteiger partial charge in [-0.3, -0.25) is 0 Å². The van der Waals surface area contributed by atoms with Crippen molar-refractivity contribution in [3.05, 3.63) is 65.2 Å². The molecule has 112 valence electrons. The smallest absolute Gasteiger partial charge is 0.165 e. The number of ether oxygens (including phenoxy) is 1. The van der Waals surface area contributed by atoms with Crippen LogP contribution in [-0.4, -0.2) is 7.11 Å². The third-order valence-corrected chi connectivity index (χ3v) is 3.55. The Morgan fingerprint density at radius 1 is 0.905 bits per heavy atom. The molecule has 2 atom stereocenters. The van der Waals surface area contributed by atoms with Crippen LogP contribution in [0.5, 0.6) is 5.75 Å². The number of hydrogen-bond donors (Lipinski definition) is 1. The second-order valence-corrected chi connectivity index (χ2v) is 5.06. The van der Waals surface area contributed by atoms with Crippen molar-refractivity contribution in [3.63, 3.8) is 0 Å². The predicted molar refractivity (Wildman–Crippen MR) is 79.3 cm³/mol. The van der Waals surface area contributed by atoms with Gasteiger partial charge in [-0.05, 0) is 49.2 Å². The second-order valence-electron chi connectivity index (χ2n) is 5.06. The molecular weight excluding hydrogens is 272 g/mol. The SMILES string of the molecule is COc1ccc(C(C)N[C@H](C)c2ccc(F)cc2)cc1F. The van der Waals surface area contributed by atoms with Crippen molar-refractivity contribution >= 4 is 0 Å². The van der Waals surface area contributed by atoms with Gasteiger partial charge in [0.1, 0.15) is 5.82 Å². The van der Waals surface area contributed by atoms with Gasteiger partial charge >= 0.3 is 0 Å². The fourth-order valence-corrected chi connectivity index (χ4v) is 2.27. The largest absolute Gasteiger partial charge is 0.494 e. The van der Waals surface area contributed by atoms with Gasteiger partial charge in [0.15, 0.2) is 11.6 Å². The molecule has 0 spiro atoms. The molecule has 0 aromatic heterocycles. The lowest BCUT2D eigenvalue weighted by Crippen LogP contribution is -2.22. The number of benzene rings is 2. The van der Waals surface area contributed by atoms with Crippen molar-refractivity contribution in [3.8, 4) is 5.75 Å². The highest BCUT2D eigenvalue weighted by atomic mass is 19.1. The summed E-state index contributed by atoms with van der Waals surface area (Å²) in [5.74, 6) is -0.396. The lowest BCUT2D eigenvalue weighted by molar-refractivity contribution is 0.385. The maximum absolute atomic E-state index is 13.7. The first-order chi connectivity index (χ1) is 10.0. The molecule has 0 fully saturated rings. The van der Waals surface area contributed by atoms with E-state index in [1.54, 1.807) is 18.2 Å². The minimum Gasteiger partial charge on any atom is -0.494 e. The summed E-state index contributed by atoms with van der Waals surface area (Å²) in [6.45, 7) is 3.95. The molecule has 0 aliphatic heterocycles. The normalized spacial score (nSPS) is 13.8. The molecule has 0 saturated heterocycles. The molecule has 2 rings (SSSR count). The number of rotatable bonds is 5. The number of halogens is 2. The van der Waals surface area contributed by atoms with E-state index < -0.39 is 0 Å². The predicted octanol–water partition coefficient (Wildman–Crippen LogP) is 4.39. The number of hydrogen-bond acceptors (Lipinski definition) is 2. The van der Waals surface area contributed by atoms with E-state index in [4.69, 9.17) is 4.74 Å². The molecular formula is C17H19F2NO. The van der Waals surface area contributed by atoms with E-state index in [1.165, 1.54) is 25.3 Å². The molecule has 0 heterocycles. The van der Waals surface area contributed by atoms with Gasteiger partial charge in [0, 0.05) is 12.1 Å². The fraction of sp³-hybridized carbons (Fsp3) is 0.294. The molecule has 0 radical (unpaired) electrons. The van der Waals surface area contributed by atoms with Crippen molar-refractivity contribution in [1.29, 1.82) is 0 Å². The van der Waals surface area contributed by atoms with Gasteiger partial charge in [0.05, 0.1) is 7.11 Å². The van der Waals surface area contributed by atoms with Crippen LogP contribution in [0.25, 0.3) is 0 Å². The molecule has 2 nitrogen and oxygen atoms in total. The zero-order chi connectivity index (χ0) is 15.4. The van der Waals surface area contributed by atoms with Crippen LogP contribution < -0.4 is 10.1 Å². The van der Waals surface area contributed by atoms with Gasteiger partial charge in [0.25, 0.3) is 0 Å². The van der Waals surface area contributed by atoms with Gasteiger partial charge in [0.2, 0.25) is 0 Å². The highest BCUT2D eigenvalue weighted by molar-refractivity contribution is 5.31. The Bertz CT molecular complexity index is 598. The standard InChI is InChI=1S/C17H19F2NO/c1-11(13-4-7-15(18)8-5-13)20-12(2)14-6-9-17(21-3)16(19)10-14/h4-12,20H,1-3H3/t11-,12?/m1/s1. The summed E-state index contributed by atoms with van der Waals surface area (Å²) in [7, 11) is 1.44. The summed E-state index contributed by atoms with van der Waals surface area (Å²) in [6.07, 6.45) is 0. The lowest BCUT2D eigenvalue weighted by Gasteiger charge is -2.21. The average Bonchev–Trinajstić information content (AvgIpc) is 2.47. The van der Waals surface area contributed by atoms with Crippen LogP contribution in [0, 0.1) is 11.6 Å². The Morgan fingerprint density at radius 3 is 2.05 bits per heavy atom. The van der Waals surface area contributed by atoms with E-state index in [0.717, 1.165) is 11.1 Å². The van der Waals surface area contributed by atoms with Gasteiger partial charge in [-0.1, -0.05) is 18.2 Å². The van der Waals surface area contributed by atoms with Gasteiger partial charge in [-0.25, -0.2) is 8.78 Å². The van der Waals surface area contributed by atoms with E-state index in [1.807, 2.05) is 19.9 Å². The van der Waals surface area contributed by atoms with Crippen molar-refractivity contribution in [2.45, 2.75) is 25.9 Å². The summed E-state index contributed by atoms with van der Waals surface area (Å²) in [4.78, 5) is 0. The molecule has 0 saturated carbocycles. The highest BCUT2D eigenvalue weighted by Crippen LogP contribution is 2.24. The highest BCUT2D eigenvalue weighted by Gasteiger charge is 2.13. The Labute approximate surface area is 123 Å². The minimum absolute atomic E-state index is 0.0331. The van der Waals surface area contributed by atoms with Gasteiger partial charge < -0.3 is 10.1 Å². The maximum Gasteiger partial charge on any atom is 0.165 e. The average molecular weight is 291 g/mol. The third kappa shape index (κ3) is 3.79. The van der Waals surface area contributed by atoms with Gasteiger partial charge in [-0.2, -0.15) is 0 Å². The Morgan fingerprint density at radius 2 is 1.48 bits per heavy atom. The molecule has 1 unspecified atom stereocenters. The van der Waals surface area contributed by atoms with Crippen LogP contribution in [0.15, 0.2) is 42.5 Å². The summed E-state index contributed by atoms with van der Waals surface area (Å²) >= 11 is 0. The van der Waals surface area contributed by atoms with Crippen molar-refractivity contribution < 1.29 is 13.5 Å². The molecule has 0 amide bonds. The van der Waals surface area contributed by atoms with E-state index in [0.29, 0.717) is 0 Å². The first kappa shape index (κ1) is 15.4. The van der Waals surface area contributed by atoms with Crippen LogP contribution in [0.3, 0.4) is 0 Å². The first-order valence-corrected chi connectivity index (χ1v) is 6.86. The minimum atomic E-state index is -0.377. The van der Waals surface area contributed by atoms with Crippen LogP contribution in [0.2, 0.25) is 0 Å². The Hall–Kier alpha value is -1.94. The second kappa shape index (κ2) is 6.68. The summed E-state index contributed by atoms with van der Waals surface area (Å²) in [5, 5.41) is 3.37. The molecule has 4 heteroatoms. The number of methoxy groups -OCH3 is 1. The molecule has 0 aliphatic rings. The summed E-state index contributed by atoms with van der Waals surface area (Å²) < 4.78 is 31.6. The van der Waals surface area contributed by atoms with E-state index in [9.17, 15) is 8.78 Å². The van der Waals surface area contributed by atoms with Crippen molar-refractivity contribution in [2.75, 3.05) is 7.11 Å². The van der Waals surface area contributed by atoms with E-state index >= 15 is 0 Å². The lowest BCUT2D eigenvalue weighted by atomic mass is 10.0. The monoisotopic (exact) mass is 291 g/mol. The maximum atomic E-state index is 13.7. The Kier molecular flexibility index (Phi) is 4.91. The van der Waals surface area contributed by atoms with E-state index in [2.05, 4.69) is 5.32 Å². The first-order valence-electron chi connectivity index (χ1n) is 6.86. The zero-order valence-electron chi connectivity index (χ0n) is 12.4. The third-order valence-electron chi connectivity index (χ3n) is 3.55. The topological polar surface area (TPSA) is 21.3 Å². The van der Waals surface area contributed by atoms with Crippen LogP contribution >= 0.6 is 0 Å². The molecule has 2 aromatic rings. The molecule has 0 bridgehead atoms. The zero-order valence-corrected chi connectivity index (χ0v) is 12.4. The summed E-state index contributed by atoms with van der Waals surface area (Å²) in [5.41, 5.74) is 1.82. The van der Waals surface area contributed by atoms with Crippen molar-refractivity contribution in [1.82, 2.24) is 5.32 Å². The van der Waals surface area contributed by atoms with Crippen LogP contribution in [0.1, 0.15) is 37.1 Å².